The second kappa shape index (κ2) is 8.30. The van der Waals surface area contributed by atoms with Crippen LogP contribution in [-0.2, 0) is 4.79 Å². The van der Waals surface area contributed by atoms with E-state index < -0.39 is 0 Å². The number of hydrogen-bond donors (Lipinski definition) is 1. The largest absolute Gasteiger partial charge is 0.354 e. The zero-order valence-corrected chi connectivity index (χ0v) is 15.7. The highest BCUT2D eigenvalue weighted by Crippen LogP contribution is 2.20. The monoisotopic (exact) mass is 311 g/mol. The molecule has 0 unspecified atom stereocenters. The number of nitrogens with one attached hydrogen (secondary N) is 1. The van der Waals surface area contributed by atoms with E-state index in [0.717, 1.165) is 32.7 Å². The number of rotatable bonds is 6. The van der Waals surface area contributed by atoms with Gasteiger partial charge in [-0.2, -0.15) is 0 Å². The van der Waals surface area contributed by atoms with Crippen LogP contribution in [0, 0.1) is 10.8 Å². The Labute approximate surface area is 137 Å². The highest BCUT2D eigenvalue weighted by Gasteiger charge is 2.20. The van der Waals surface area contributed by atoms with Gasteiger partial charge in [0.2, 0.25) is 5.91 Å². The standard InChI is InChI=1S/C18H37N3O/c1-17(2,3)8-7-9-20-10-12-21(13-11-20)14-16(22)19-15-18(4,5)6/h7-15H2,1-6H3,(H,19,22). The lowest BCUT2D eigenvalue weighted by atomic mass is 9.90. The zero-order chi connectivity index (χ0) is 16.8. The fourth-order valence-electron chi connectivity index (χ4n) is 2.63. The van der Waals surface area contributed by atoms with Crippen LogP contribution in [0.2, 0.25) is 0 Å². The van der Waals surface area contributed by atoms with Gasteiger partial charge in [0.1, 0.15) is 0 Å². The first kappa shape index (κ1) is 19.4. The molecule has 1 fully saturated rings. The lowest BCUT2D eigenvalue weighted by Crippen LogP contribution is -2.50. The first-order valence-electron chi connectivity index (χ1n) is 8.77. The summed E-state index contributed by atoms with van der Waals surface area (Å²) in [6.07, 6.45) is 2.55. The number of carbonyl (C=O) groups excluding carboxylic acids is 1. The Morgan fingerprint density at radius 2 is 1.45 bits per heavy atom. The molecule has 1 saturated heterocycles. The predicted molar refractivity (Wildman–Crippen MR) is 94.0 cm³/mol. The summed E-state index contributed by atoms with van der Waals surface area (Å²) in [6.45, 7) is 20.1. The molecule has 1 heterocycles. The third kappa shape index (κ3) is 9.42. The van der Waals surface area contributed by atoms with Crippen molar-refractivity contribution in [2.24, 2.45) is 10.8 Å². The van der Waals surface area contributed by atoms with E-state index >= 15 is 0 Å². The molecule has 1 aliphatic heterocycles. The molecule has 0 aromatic heterocycles. The first-order chi connectivity index (χ1) is 10.1. The van der Waals surface area contributed by atoms with Gasteiger partial charge in [0.05, 0.1) is 6.54 Å². The Morgan fingerprint density at radius 3 is 1.95 bits per heavy atom. The zero-order valence-electron chi connectivity index (χ0n) is 15.7. The maximum Gasteiger partial charge on any atom is 0.234 e. The number of carbonyl (C=O) groups is 1. The molecule has 1 amide bonds. The molecule has 0 spiro atoms. The summed E-state index contributed by atoms with van der Waals surface area (Å²) in [6, 6.07) is 0. The SMILES string of the molecule is CC(C)(C)CCCN1CCN(CC(=O)NCC(C)(C)C)CC1. The van der Waals surface area contributed by atoms with Crippen molar-refractivity contribution >= 4 is 5.91 Å². The Bertz CT molecular complexity index is 333. The fraction of sp³-hybridized carbons (Fsp3) is 0.944. The fourth-order valence-corrected chi connectivity index (χ4v) is 2.63. The summed E-state index contributed by atoms with van der Waals surface area (Å²) in [4.78, 5) is 16.8. The summed E-state index contributed by atoms with van der Waals surface area (Å²) in [7, 11) is 0. The van der Waals surface area contributed by atoms with E-state index in [2.05, 4.69) is 56.7 Å². The highest BCUT2D eigenvalue weighted by molar-refractivity contribution is 5.78. The van der Waals surface area contributed by atoms with Crippen LogP contribution in [-0.4, -0.2) is 61.5 Å². The molecule has 0 aliphatic carbocycles. The molecule has 130 valence electrons. The van der Waals surface area contributed by atoms with Crippen molar-refractivity contribution in [2.75, 3.05) is 45.8 Å². The molecule has 0 radical (unpaired) electrons. The molecule has 0 aromatic rings. The normalized spacial score (nSPS) is 18.5. The Balaban J connectivity index is 2.16. The minimum absolute atomic E-state index is 0.154. The van der Waals surface area contributed by atoms with Crippen LogP contribution in [0.5, 0.6) is 0 Å². The predicted octanol–water partition coefficient (Wildman–Crippen LogP) is 2.59. The van der Waals surface area contributed by atoms with Crippen molar-refractivity contribution < 1.29 is 4.79 Å². The third-order valence-electron chi connectivity index (χ3n) is 4.05. The van der Waals surface area contributed by atoms with E-state index in [9.17, 15) is 4.79 Å². The van der Waals surface area contributed by atoms with E-state index in [1.165, 1.54) is 19.4 Å². The van der Waals surface area contributed by atoms with E-state index in [4.69, 9.17) is 0 Å². The third-order valence-corrected chi connectivity index (χ3v) is 4.05. The molecular formula is C18H37N3O. The number of hydrogen-bond acceptors (Lipinski definition) is 3. The van der Waals surface area contributed by atoms with Crippen molar-refractivity contribution in [3.05, 3.63) is 0 Å². The average Bonchev–Trinajstić information content (AvgIpc) is 2.36. The smallest absolute Gasteiger partial charge is 0.234 e. The van der Waals surface area contributed by atoms with Crippen molar-refractivity contribution in [3.63, 3.8) is 0 Å². The molecule has 0 aromatic carbocycles. The lowest BCUT2D eigenvalue weighted by molar-refractivity contribution is -0.123. The molecule has 0 saturated carbocycles. The van der Waals surface area contributed by atoms with Crippen LogP contribution < -0.4 is 5.32 Å². The molecule has 0 bridgehead atoms. The number of piperazine rings is 1. The van der Waals surface area contributed by atoms with E-state index in [-0.39, 0.29) is 11.3 Å². The van der Waals surface area contributed by atoms with Crippen molar-refractivity contribution in [2.45, 2.75) is 54.4 Å². The second-order valence-electron chi connectivity index (χ2n) is 9.12. The van der Waals surface area contributed by atoms with Gasteiger partial charge >= 0.3 is 0 Å². The van der Waals surface area contributed by atoms with Gasteiger partial charge in [0.15, 0.2) is 0 Å². The lowest BCUT2D eigenvalue weighted by Gasteiger charge is -2.35. The maximum absolute atomic E-state index is 12.0. The summed E-state index contributed by atoms with van der Waals surface area (Å²) in [5.41, 5.74) is 0.592. The number of amides is 1. The second-order valence-corrected chi connectivity index (χ2v) is 9.12. The Morgan fingerprint density at radius 1 is 0.909 bits per heavy atom. The van der Waals surface area contributed by atoms with Crippen LogP contribution in [0.3, 0.4) is 0 Å². The van der Waals surface area contributed by atoms with Crippen LogP contribution in [0.4, 0.5) is 0 Å². The van der Waals surface area contributed by atoms with Gasteiger partial charge in [-0.15, -0.1) is 0 Å². The number of nitrogens with zero attached hydrogens (tertiary/aromatic N) is 2. The van der Waals surface area contributed by atoms with Crippen molar-refractivity contribution in [1.82, 2.24) is 15.1 Å². The van der Waals surface area contributed by atoms with Gasteiger partial charge in [-0.05, 0) is 30.2 Å². The first-order valence-corrected chi connectivity index (χ1v) is 8.77. The quantitative estimate of drug-likeness (QED) is 0.819. The van der Waals surface area contributed by atoms with Gasteiger partial charge in [-0.3, -0.25) is 9.69 Å². The molecule has 4 nitrogen and oxygen atoms in total. The highest BCUT2D eigenvalue weighted by atomic mass is 16.2. The van der Waals surface area contributed by atoms with Gasteiger partial charge in [-0.1, -0.05) is 41.5 Å². The van der Waals surface area contributed by atoms with Crippen LogP contribution in [0.25, 0.3) is 0 Å². The summed E-state index contributed by atoms with van der Waals surface area (Å²) >= 11 is 0. The van der Waals surface area contributed by atoms with Gasteiger partial charge in [0.25, 0.3) is 0 Å². The summed E-state index contributed by atoms with van der Waals surface area (Å²) in [5, 5.41) is 3.04. The van der Waals surface area contributed by atoms with Gasteiger partial charge in [0, 0.05) is 32.7 Å². The van der Waals surface area contributed by atoms with Crippen LogP contribution in [0.1, 0.15) is 54.4 Å². The van der Waals surface area contributed by atoms with Gasteiger partial charge < -0.3 is 10.2 Å². The topological polar surface area (TPSA) is 35.6 Å². The maximum atomic E-state index is 12.0. The molecule has 4 heteroatoms. The van der Waals surface area contributed by atoms with E-state index in [1.54, 1.807) is 0 Å². The Hall–Kier alpha value is -0.610. The molecule has 1 N–H and O–H groups in total. The summed E-state index contributed by atoms with van der Waals surface area (Å²) < 4.78 is 0. The van der Waals surface area contributed by atoms with E-state index in [0.29, 0.717) is 12.0 Å². The molecule has 1 aliphatic rings. The summed E-state index contributed by atoms with van der Waals surface area (Å²) in [5.74, 6) is 0.163. The molecule has 1 rings (SSSR count). The van der Waals surface area contributed by atoms with Crippen LogP contribution in [0.15, 0.2) is 0 Å². The minimum Gasteiger partial charge on any atom is -0.354 e. The van der Waals surface area contributed by atoms with E-state index in [1.807, 2.05) is 0 Å². The minimum atomic E-state index is 0.154. The molecule has 0 atom stereocenters. The van der Waals surface area contributed by atoms with Crippen LogP contribution >= 0.6 is 0 Å². The molecular weight excluding hydrogens is 274 g/mol. The average molecular weight is 312 g/mol. The van der Waals surface area contributed by atoms with Gasteiger partial charge in [-0.25, -0.2) is 0 Å². The molecule has 22 heavy (non-hydrogen) atoms. The van der Waals surface area contributed by atoms with Crippen molar-refractivity contribution in [1.29, 1.82) is 0 Å². The van der Waals surface area contributed by atoms with Crippen molar-refractivity contribution in [3.8, 4) is 0 Å². The Kier molecular flexibility index (Phi) is 7.33.